The lowest BCUT2D eigenvalue weighted by Gasteiger charge is -2.20. The average molecular weight is 309 g/mol. The van der Waals surface area contributed by atoms with Gasteiger partial charge in [0.2, 0.25) is 11.8 Å². The van der Waals surface area contributed by atoms with Gasteiger partial charge in [0, 0.05) is 17.8 Å². The number of para-hydroxylation sites is 1. The first-order valence-corrected chi connectivity index (χ1v) is 7.57. The summed E-state index contributed by atoms with van der Waals surface area (Å²) in [4.78, 5) is 2.19. The summed E-state index contributed by atoms with van der Waals surface area (Å²) in [5.41, 5.74) is 2.02. The standard InChI is InChI=1S/C18H19N3O2/c1-3-21(15-7-5-4-6-8-15)13-17-19-20-18(23-17)14-9-11-16(22-2)12-10-14/h4-12H,3,13H2,1-2H3. The van der Waals surface area contributed by atoms with Crippen LogP contribution >= 0.6 is 0 Å². The molecule has 2 aromatic carbocycles. The van der Waals surface area contributed by atoms with Crippen LogP contribution in [0.3, 0.4) is 0 Å². The lowest BCUT2D eigenvalue weighted by Crippen LogP contribution is -2.22. The Balaban J connectivity index is 1.75. The van der Waals surface area contributed by atoms with Gasteiger partial charge in [-0.1, -0.05) is 18.2 Å². The SMILES string of the molecule is CCN(Cc1nnc(-c2ccc(OC)cc2)o1)c1ccccc1. The molecule has 0 N–H and O–H groups in total. The van der Waals surface area contributed by atoms with Gasteiger partial charge in [0.1, 0.15) is 5.75 Å². The van der Waals surface area contributed by atoms with Crippen molar-refractivity contribution in [2.75, 3.05) is 18.6 Å². The van der Waals surface area contributed by atoms with E-state index >= 15 is 0 Å². The molecule has 0 saturated heterocycles. The van der Waals surface area contributed by atoms with E-state index in [2.05, 4.69) is 34.2 Å². The van der Waals surface area contributed by atoms with Gasteiger partial charge in [-0.2, -0.15) is 0 Å². The lowest BCUT2D eigenvalue weighted by molar-refractivity contribution is 0.415. The van der Waals surface area contributed by atoms with Crippen molar-refractivity contribution < 1.29 is 9.15 Å². The topological polar surface area (TPSA) is 51.4 Å². The Bertz CT molecular complexity index is 738. The average Bonchev–Trinajstić information content (AvgIpc) is 3.09. The molecule has 0 fully saturated rings. The third-order valence-corrected chi connectivity index (χ3v) is 3.63. The van der Waals surface area contributed by atoms with E-state index < -0.39 is 0 Å². The number of rotatable bonds is 6. The molecule has 0 unspecified atom stereocenters. The maximum atomic E-state index is 5.79. The summed E-state index contributed by atoms with van der Waals surface area (Å²) in [5.74, 6) is 1.92. The zero-order chi connectivity index (χ0) is 16.1. The van der Waals surface area contributed by atoms with Gasteiger partial charge in [0.15, 0.2) is 0 Å². The number of aromatic nitrogens is 2. The molecule has 1 heterocycles. The molecule has 3 rings (SSSR count). The molecule has 118 valence electrons. The van der Waals surface area contributed by atoms with Crippen LogP contribution in [0.1, 0.15) is 12.8 Å². The van der Waals surface area contributed by atoms with Crippen LogP contribution in [0.2, 0.25) is 0 Å². The molecule has 0 saturated carbocycles. The van der Waals surface area contributed by atoms with E-state index in [-0.39, 0.29) is 0 Å². The second-order valence-corrected chi connectivity index (χ2v) is 5.08. The Kier molecular flexibility index (Phi) is 4.57. The van der Waals surface area contributed by atoms with Gasteiger partial charge < -0.3 is 14.1 Å². The van der Waals surface area contributed by atoms with Gasteiger partial charge >= 0.3 is 0 Å². The summed E-state index contributed by atoms with van der Waals surface area (Å²) in [6, 6.07) is 17.8. The number of hydrogen-bond acceptors (Lipinski definition) is 5. The molecule has 23 heavy (non-hydrogen) atoms. The van der Waals surface area contributed by atoms with Crippen LogP contribution in [-0.4, -0.2) is 23.9 Å². The molecule has 0 aliphatic heterocycles. The van der Waals surface area contributed by atoms with Crippen LogP contribution in [0.5, 0.6) is 5.75 Å². The Morgan fingerprint density at radius 1 is 1.00 bits per heavy atom. The lowest BCUT2D eigenvalue weighted by atomic mass is 10.2. The number of nitrogens with zero attached hydrogens (tertiary/aromatic N) is 3. The van der Waals surface area contributed by atoms with Crippen LogP contribution in [0.15, 0.2) is 59.0 Å². The highest BCUT2D eigenvalue weighted by Crippen LogP contribution is 2.22. The van der Waals surface area contributed by atoms with Crippen molar-refractivity contribution in [3.8, 4) is 17.2 Å². The Hall–Kier alpha value is -2.82. The zero-order valence-corrected chi connectivity index (χ0v) is 13.3. The molecule has 5 nitrogen and oxygen atoms in total. The van der Waals surface area contributed by atoms with Gasteiger partial charge in [0.25, 0.3) is 0 Å². The molecule has 0 bridgehead atoms. The Labute approximate surface area is 135 Å². The monoisotopic (exact) mass is 309 g/mol. The highest BCUT2D eigenvalue weighted by molar-refractivity contribution is 5.54. The number of anilines is 1. The molecule has 0 spiro atoms. The first-order chi connectivity index (χ1) is 11.3. The molecule has 0 aliphatic rings. The van der Waals surface area contributed by atoms with E-state index in [1.807, 2.05) is 42.5 Å². The highest BCUT2D eigenvalue weighted by Gasteiger charge is 2.12. The molecule has 0 radical (unpaired) electrons. The number of hydrogen-bond donors (Lipinski definition) is 0. The number of ether oxygens (including phenoxy) is 1. The van der Waals surface area contributed by atoms with E-state index in [1.165, 1.54) is 0 Å². The van der Waals surface area contributed by atoms with Crippen molar-refractivity contribution in [1.29, 1.82) is 0 Å². The highest BCUT2D eigenvalue weighted by atomic mass is 16.5. The third-order valence-electron chi connectivity index (χ3n) is 3.63. The fraction of sp³-hybridized carbons (Fsp3) is 0.222. The maximum absolute atomic E-state index is 5.79. The second kappa shape index (κ2) is 6.96. The largest absolute Gasteiger partial charge is 0.497 e. The predicted molar refractivity (Wildman–Crippen MR) is 89.5 cm³/mol. The van der Waals surface area contributed by atoms with E-state index in [1.54, 1.807) is 7.11 Å². The second-order valence-electron chi connectivity index (χ2n) is 5.08. The normalized spacial score (nSPS) is 10.5. The van der Waals surface area contributed by atoms with Crippen LogP contribution in [0, 0.1) is 0 Å². The number of benzene rings is 2. The van der Waals surface area contributed by atoms with Crippen molar-refractivity contribution in [1.82, 2.24) is 10.2 Å². The van der Waals surface area contributed by atoms with Gasteiger partial charge in [0.05, 0.1) is 13.7 Å². The van der Waals surface area contributed by atoms with Gasteiger partial charge in [-0.3, -0.25) is 0 Å². The van der Waals surface area contributed by atoms with E-state index in [0.717, 1.165) is 23.5 Å². The van der Waals surface area contributed by atoms with Gasteiger partial charge in [-0.15, -0.1) is 10.2 Å². The Morgan fingerprint density at radius 2 is 1.74 bits per heavy atom. The minimum absolute atomic E-state index is 0.520. The summed E-state index contributed by atoms with van der Waals surface area (Å²) in [6.07, 6.45) is 0. The van der Waals surface area contributed by atoms with Crippen LogP contribution in [0.25, 0.3) is 11.5 Å². The third kappa shape index (κ3) is 3.51. The predicted octanol–water partition coefficient (Wildman–Crippen LogP) is 3.77. The van der Waals surface area contributed by atoms with Crippen LogP contribution in [-0.2, 0) is 6.54 Å². The van der Waals surface area contributed by atoms with Crippen LogP contribution < -0.4 is 9.64 Å². The first kappa shape index (κ1) is 15.1. The molecule has 0 aliphatic carbocycles. The summed E-state index contributed by atoms with van der Waals surface area (Å²) in [6.45, 7) is 3.56. The molecule has 0 atom stereocenters. The molecule has 5 heteroatoms. The molecular formula is C18H19N3O2. The summed E-state index contributed by atoms with van der Waals surface area (Å²) < 4.78 is 10.9. The van der Waals surface area contributed by atoms with Crippen molar-refractivity contribution in [2.45, 2.75) is 13.5 Å². The van der Waals surface area contributed by atoms with Gasteiger partial charge in [-0.25, -0.2) is 0 Å². The van der Waals surface area contributed by atoms with Crippen molar-refractivity contribution in [2.24, 2.45) is 0 Å². The van der Waals surface area contributed by atoms with E-state index in [0.29, 0.717) is 18.3 Å². The molecule has 0 amide bonds. The van der Waals surface area contributed by atoms with Crippen LogP contribution in [0.4, 0.5) is 5.69 Å². The molecule has 1 aromatic heterocycles. The summed E-state index contributed by atoms with van der Waals surface area (Å²) >= 11 is 0. The summed E-state index contributed by atoms with van der Waals surface area (Å²) in [5, 5.41) is 8.30. The van der Waals surface area contributed by atoms with Crippen molar-refractivity contribution >= 4 is 5.69 Å². The Morgan fingerprint density at radius 3 is 2.39 bits per heavy atom. The van der Waals surface area contributed by atoms with Gasteiger partial charge in [-0.05, 0) is 43.3 Å². The molecular weight excluding hydrogens is 290 g/mol. The fourth-order valence-electron chi connectivity index (χ4n) is 2.36. The number of methoxy groups -OCH3 is 1. The minimum atomic E-state index is 0.520. The quantitative estimate of drug-likeness (QED) is 0.693. The molecule has 3 aromatic rings. The van der Waals surface area contributed by atoms with Crippen molar-refractivity contribution in [3.63, 3.8) is 0 Å². The maximum Gasteiger partial charge on any atom is 0.247 e. The smallest absolute Gasteiger partial charge is 0.247 e. The first-order valence-electron chi connectivity index (χ1n) is 7.57. The van der Waals surface area contributed by atoms with E-state index in [4.69, 9.17) is 9.15 Å². The minimum Gasteiger partial charge on any atom is -0.497 e. The zero-order valence-electron chi connectivity index (χ0n) is 13.3. The summed E-state index contributed by atoms with van der Waals surface area (Å²) in [7, 11) is 1.64. The van der Waals surface area contributed by atoms with E-state index in [9.17, 15) is 0 Å². The van der Waals surface area contributed by atoms with Crippen molar-refractivity contribution in [3.05, 3.63) is 60.5 Å². The fourth-order valence-corrected chi connectivity index (χ4v) is 2.36.